The van der Waals surface area contributed by atoms with Gasteiger partial charge >= 0.3 is 5.97 Å². The molecule has 2 aromatic heterocycles. The molecule has 2 aliphatic rings. The molecule has 2 aliphatic heterocycles. The highest BCUT2D eigenvalue weighted by atomic mass is 35.5. The Balaban J connectivity index is 1.32. The predicted octanol–water partition coefficient (Wildman–Crippen LogP) is 4.16. The van der Waals surface area contributed by atoms with Gasteiger partial charge in [0.05, 0.1) is 17.5 Å². The van der Waals surface area contributed by atoms with Crippen molar-refractivity contribution in [1.82, 2.24) is 23.7 Å². The van der Waals surface area contributed by atoms with Gasteiger partial charge in [-0.1, -0.05) is 29.8 Å². The molecule has 0 radical (unpaired) electrons. The Bertz CT molecular complexity index is 1790. The fraction of sp³-hybridized carbons (Fsp3) is 0.355. The minimum atomic E-state index is -3.39. The first-order chi connectivity index (χ1) is 21.1. The van der Waals surface area contributed by atoms with Crippen molar-refractivity contribution < 1.29 is 28.3 Å². The molecule has 0 amide bonds. The van der Waals surface area contributed by atoms with Crippen LogP contribution in [0, 0.1) is 0 Å². The summed E-state index contributed by atoms with van der Waals surface area (Å²) in [7, 11) is -3.39. The van der Waals surface area contributed by atoms with Crippen LogP contribution in [-0.2, 0) is 29.5 Å². The Morgan fingerprint density at radius 3 is 2.45 bits per heavy atom. The van der Waals surface area contributed by atoms with Crippen molar-refractivity contribution in [3.05, 3.63) is 76.4 Å². The fourth-order valence-electron chi connectivity index (χ4n) is 5.95. The van der Waals surface area contributed by atoms with E-state index in [0.717, 1.165) is 49.4 Å². The van der Waals surface area contributed by atoms with Crippen molar-refractivity contribution >= 4 is 27.6 Å². The normalized spacial score (nSPS) is 15.9. The second-order valence-corrected chi connectivity index (χ2v) is 13.6. The quantitative estimate of drug-likeness (QED) is 0.279. The number of nitrogens with zero attached hydrogens (tertiary/aromatic N) is 5. The topological polar surface area (TPSA) is 130 Å². The van der Waals surface area contributed by atoms with Gasteiger partial charge in [0, 0.05) is 65.6 Å². The highest BCUT2D eigenvalue weighted by molar-refractivity contribution is 7.88. The summed E-state index contributed by atoms with van der Waals surface area (Å²) >= 11 is 6.66. The van der Waals surface area contributed by atoms with Gasteiger partial charge in [0.1, 0.15) is 0 Å². The largest absolute Gasteiger partial charge is 0.492 e. The summed E-state index contributed by atoms with van der Waals surface area (Å²) in [5.74, 6) is -1.63. The van der Waals surface area contributed by atoms with E-state index < -0.39 is 27.8 Å². The lowest BCUT2D eigenvalue weighted by Gasteiger charge is -2.26. The number of hydrogen-bond donors (Lipinski definition) is 2. The second kappa shape index (κ2) is 12.3. The summed E-state index contributed by atoms with van der Waals surface area (Å²) in [6.07, 6.45) is 5.25. The molecule has 0 aliphatic carbocycles. The van der Waals surface area contributed by atoms with E-state index in [1.165, 1.54) is 35.5 Å². The van der Waals surface area contributed by atoms with E-state index in [2.05, 4.69) is 4.90 Å². The highest BCUT2D eigenvalue weighted by Crippen LogP contribution is 2.36. The van der Waals surface area contributed by atoms with Gasteiger partial charge in [-0.15, -0.1) is 4.73 Å². The van der Waals surface area contributed by atoms with E-state index in [0.29, 0.717) is 39.5 Å². The first-order valence-corrected chi connectivity index (χ1v) is 16.8. The molecule has 0 unspecified atom stereocenters. The maximum absolute atomic E-state index is 12.9. The lowest BCUT2D eigenvalue weighted by molar-refractivity contribution is 0.0382. The van der Waals surface area contributed by atoms with Gasteiger partial charge in [0.2, 0.25) is 21.8 Å². The van der Waals surface area contributed by atoms with Crippen molar-refractivity contribution in [2.45, 2.75) is 38.8 Å². The maximum atomic E-state index is 12.9. The number of carbonyl (C=O) groups is 1. The van der Waals surface area contributed by atoms with Gasteiger partial charge in [-0.2, -0.15) is 9.40 Å². The van der Waals surface area contributed by atoms with Crippen LogP contribution in [0.25, 0.3) is 22.4 Å². The van der Waals surface area contributed by atoms with E-state index >= 15 is 0 Å². The Hall–Kier alpha value is -3.84. The number of benzene rings is 2. The molecule has 4 aromatic rings. The second-order valence-electron chi connectivity index (χ2n) is 11.2. The Morgan fingerprint density at radius 2 is 1.73 bits per heavy atom. The van der Waals surface area contributed by atoms with Crippen molar-refractivity contribution in [3.8, 4) is 34.1 Å². The fourth-order valence-corrected chi connectivity index (χ4v) is 6.97. The molecule has 0 saturated carbocycles. The lowest BCUT2D eigenvalue weighted by atomic mass is 9.97. The van der Waals surface area contributed by atoms with E-state index in [9.17, 15) is 23.4 Å². The molecule has 0 spiro atoms. The summed E-state index contributed by atoms with van der Waals surface area (Å²) in [4.78, 5) is 20.5. The third-order valence-corrected chi connectivity index (χ3v) is 9.81. The summed E-state index contributed by atoms with van der Waals surface area (Å²) < 4.78 is 29.1. The first kappa shape index (κ1) is 30.2. The van der Waals surface area contributed by atoms with Crippen molar-refractivity contribution in [2.75, 3.05) is 32.4 Å². The van der Waals surface area contributed by atoms with Crippen LogP contribution in [0.2, 0.25) is 5.02 Å². The van der Waals surface area contributed by atoms with Gasteiger partial charge in [-0.05, 0) is 68.7 Å². The molecule has 44 heavy (non-hydrogen) atoms. The molecule has 0 atom stereocenters. The third kappa shape index (κ3) is 6.20. The van der Waals surface area contributed by atoms with E-state index in [-0.39, 0.29) is 12.1 Å². The molecule has 232 valence electrons. The average molecular weight is 640 g/mol. The standard InChI is InChI=1S/C31H34ClN5O6S/c1-44(41,42)35-17-12-27-25(20-35)30(33-36(27)16-5-15-34-13-2-3-14-34)22-8-9-26(32)24(19-22)21-6-4-7-23(18-21)31(40)43-37-28(38)10-11-29(37)39/h4,6-11,18-19,38-39H,2-3,5,12-17,20H2,1H3. The van der Waals surface area contributed by atoms with E-state index in [4.69, 9.17) is 21.5 Å². The number of rotatable bonds is 9. The van der Waals surface area contributed by atoms with E-state index in [1.807, 2.05) is 22.9 Å². The first-order valence-electron chi connectivity index (χ1n) is 14.6. The number of carbonyl (C=O) groups excluding carboxylic acids is 1. The third-order valence-electron chi connectivity index (χ3n) is 8.23. The number of aryl methyl sites for hydroxylation is 1. The van der Waals surface area contributed by atoms with Crippen LogP contribution in [0.15, 0.2) is 54.6 Å². The zero-order chi connectivity index (χ0) is 31.0. The highest BCUT2D eigenvalue weighted by Gasteiger charge is 2.30. The van der Waals surface area contributed by atoms with Crippen LogP contribution in [0.3, 0.4) is 0 Å². The van der Waals surface area contributed by atoms with Crippen molar-refractivity contribution in [1.29, 1.82) is 0 Å². The predicted molar refractivity (Wildman–Crippen MR) is 166 cm³/mol. The number of aromatic hydroxyl groups is 2. The van der Waals surface area contributed by atoms with Crippen LogP contribution in [0.4, 0.5) is 0 Å². The Labute approximate surface area is 260 Å². The van der Waals surface area contributed by atoms with Crippen LogP contribution in [0.5, 0.6) is 11.8 Å². The minimum absolute atomic E-state index is 0.180. The molecule has 1 fully saturated rings. The summed E-state index contributed by atoms with van der Waals surface area (Å²) in [5.41, 5.74) is 4.91. The van der Waals surface area contributed by atoms with E-state index in [1.54, 1.807) is 24.3 Å². The number of likely N-dealkylation sites (tertiary alicyclic amines) is 1. The van der Waals surface area contributed by atoms with Gasteiger partial charge < -0.3 is 20.0 Å². The van der Waals surface area contributed by atoms with Crippen LogP contribution in [-0.4, -0.2) is 80.8 Å². The SMILES string of the molecule is CS(=O)(=O)N1CCc2c(c(-c3ccc(Cl)c(-c4cccc(C(=O)On5c(O)ccc5O)c4)c3)nn2CCCN2CCCC2)C1. The molecule has 2 aromatic carbocycles. The molecule has 4 heterocycles. The van der Waals surface area contributed by atoms with Crippen LogP contribution in [0.1, 0.15) is 40.9 Å². The smallest absolute Gasteiger partial charge is 0.363 e. The molecule has 13 heteroatoms. The van der Waals surface area contributed by atoms with Crippen molar-refractivity contribution in [3.63, 3.8) is 0 Å². The molecule has 6 rings (SSSR count). The molecular formula is C31H34ClN5O6S. The van der Waals surface area contributed by atoms with Gasteiger partial charge in [-0.3, -0.25) is 4.68 Å². The number of sulfonamides is 1. The Kier molecular flexibility index (Phi) is 8.42. The number of halogens is 1. The molecule has 0 bridgehead atoms. The van der Waals surface area contributed by atoms with Gasteiger partial charge in [0.15, 0.2) is 0 Å². The van der Waals surface area contributed by atoms with Crippen LogP contribution < -0.4 is 4.84 Å². The zero-order valence-electron chi connectivity index (χ0n) is 24.3. The molecular weight excluding hydrogens is 606 g/mol. The summed E-state index contributed by atoms with van der Waals surface area (Å²) in [6, 6.07) is 14.6. The number of fused-ring (bicyclic) bond motifs is 1. The van der Waals surface area contributed by atoms with Gasteiger partial charge in [-0.25, -0.2) is 13.2 Å². The zero-order valence-corrected chi connectivity index (χ0v) is 25.9. The average Bonchev–Trinajstić information content (AvgIpc) is 3.73. The lowest BCUT2D eigenvalue weighted by Crippen LogP contribution is -2.35. The monoisotopic (exact) mass is 639 g/mol. The molecule has 2 N–H and O–H groups in total. The molecule has 1 saturated heterocycles. The number of aromatic nitrogens is 3. The summed E-state index contributed by atoms with van der Waals surface area (Å²) in [6.45, 7) is 4.68. The minimum Gasteiger partial charge on any atom is -0.492 e. The van der Waals surface area contributed by atoms with Gasteiger partial charge in [0.25, 0.3) is 0 Å². The number of hydrogen-bond acceptors (Lipinski definition) is 8. The Morgan fingerprint density at radius 1 is 0.977 bits per heavy atom. The van der Waals surface area contributed by atoms with Crippen LogP contribution >= 0.6 is 11.6 Å². The maximum Gasteiger partial charge on any atom is 0.363 e. The molecule has 11 nitrogen and oxygen atoms in total. The van der Waals surface area contributed by atoms with Crippen molar-refractivity contribution in [2.24, 2.45) is 0 Å². The summed E-state index contributed by atoms with van der Waals surface area (Å²) in [5, 5.41) is 25.2.